The Hall–Kier alpha value is -2.92. The average molecular weight is 372 g/mol. The van der Waals surface area contributed by atoms with E-state index in [0.717, 1.165) is 31.8 Å². The summed E-state index contributed by atoms with van der Waals surface area (Å²) in [5, 5.41) is 30.9. The van der Waals surface area contributed by atoms with Crippen molar-refractivity contribution in [2.75, 3.05) is 11.9 Å². The number of carboxylic acid groups (broad SMARTS) is 2. The van der Waals surface area contributed by atoms with E-state index < -0.39 is 23.4 Å². The maximum absolute atomic E-state index is 11.9. The molecule has 0 aliphatic heterocycles. The number of nitriles is 1. The molecule has 2 rings (SSSR count). The first-order chi connectivity index (χ1) is 12.9. The van der Waals surface area contributed by atoms with Crippen molar-refractivity contribution in [1.29, 1.82) is 5.26 Å². The zero-order valence-electron chi connectivity index (χ0n) is 15.0. The molecule has 1 unspecified atom stereocenters. The van der Waals surface area contributed by atoms with E-state index in [1.54, 1.807) is 12.1 Å². The minimum atomic E-state index is -1.31. The molecule has 1 saturated carbocycles. The maximum Gasteiger partial charge on any atom is 0.332 e. The van der Waals surface area contributed by atoms with E-state index in [-0.39, 0.29) is 12.1 Å². The first kappa shape index (κ1) is 20.4. The van der Waals surface area contributed by atoms with Crippen molar-refractivity contribution in [2.45, 2.75) is 44.6 Å². The van der Waals surface area contributed by atoms with Crippen molar-refractivity contribution in [2.24, 2.45) is 11.1 Å². The van der Waals surface area contributed by atoms with Crippen LogP contribution in [0.3, 0.4) is 0 Å². The van der Waals surface area contributed by atoms with Crippen LogP contribution in [0.15, 0.2) is 30.0 Å². The number of aliphatic carboxylic acids is 2. The molecule has 0 saturated heterocycles. The molecule has 144 valence electrons. The second-order valence-corrected chi connectivity index (χ2v) is 6.81. The molecule has 1 aliphatic carbocycles. The van der Waals surface area contributed by atoms with E-state index in [2.05, 4.69) is 10.3 Å². The third-order valence-electron chi connectivity index (χ3n) is 5.11. The van der Waals surface area contributed by atoms with E-state index in [1.807, 2.05) is 6.07 Å². The monoisotopic (exact) mass is 372 g/mol. The number of hydrogen-bond donors (Lipinski definition) is 4. The summed E-state index contributed by atoms with van der Waals surface area (Å²) in [6.45, 7) is 0.151. The molecular formula is C19H24N4O4. The Morgan fingerprint density at radius 2 is 2.07 bits per heavy atom. The van der Waals surface area contributed by atoms with Crippen molar-refractivity contribution in [1.82, 2.24) is 4.98 Å². The van der Waals surface area contributed by atoms with Gasteiger partial charge < -0.3 is 21.3 Å². The van der Waals surface area contributed by atoms with E-state index in [9.17, 15) is 19.8 Å². The molecule has 8 nitrogen and oxygen atoms in total. The molecule has 8 heteroatoms. The molecule has 27 heavy (non-hydrogen) atoms. The fourth-order valence-corrected chi connectivity index (χ4v) is 3.62. The lowest BCUT2D eigenvalue weighted by Gasteiger charge is -2.41. The van der Waals surface area contributed by atoms with Crippen LogP contribution in [0.1, 0.15) is 44.1 Å². The largest absolute Gasteiger partial charge is 0.478 e. The molecule has 0 amide bonds. The molecule has 1 aromatic rings. The maximum atomic E-state index is 11.9. The van der Waals surface area contributed by atoms with Gasteiger partial charge in [-0.2, -0.15) is 5.26 Å². The predicted octanol–water partition coefficient (Wildman–Crippen LogP) is 2.13. The van der Waals surface area contributed by atoms with Crippen LogP contribution in [0.4, 0.5) is 5.82 Å². The third kappa shape index (κ3) is 5.05. The third-order valence-corrected chi connectivity index (χ3v) is 5.11. The Kier molecular flexibility index (Phi) is 6.91. The van der Waals surface area contributed by atoms with Crippen LogP contribution in [0.2, 0.25) is 0 Å². The summed E-state index contributed by atoms with van der Waals surface area (Å²) in [5.41, 5.74) is 5.60. The zero-order valence-corrected chi connectivity index (χ0v) is 15.0. The van der Waals surface area contributed by atoms with Gasteiger partial charge in [0.2, 0.25) is 0 Å². The topological polar surface area (TPSA) is 149 Å². The zero-order chi connectivity index (χ0) is 19.9. The Labute approximate surface area is 157 Å². The van der Waals surface area contributed by atoms with Gasteiger partial charge in [-0.3, -0.25) is 0 Å². The highest BCUT2D eigenvalue weighted by atomic mass is 16.4. The fourth-order valence-electron chi connectivity index (χ4n) is 3.62. The van der Waals surface area contributed by atoms with Crippen molar-refractivity contribution in [3.05, 3.63) is 35.5 Å². The van der Waals surface area contributed by atoms with Gasteiger partial charge in [0.1, 0.15) is 11.9 Å². The highest BCUT2D eigenvalue weighted by molar-refractivity contribution is 5.96. The molecule has 0 spiro atoms. The number of nitrogens with one attached hydrogen (secondary N) is 1. The molecule has 5 N–H and O–H groups in total. The van der Waals surface area contributed by atoms with Gasteiger partial charge in [0.05, 0.1) is 11.1 Å². The number of hydrogen-bond acceptors (Lipinski definition) is 6. The van der Waals surface area contributed by atoms with Crippen molar-refractivity contribution < 1.29 is 19.8 Å². The predicted molar refractivity (Wildman–Crippen MR) is 98.9 cm³/mol. The van der Waals surface area contributed by atoms with Crippen molar-refractivity contribution >= 4 is 17.8 Å². The molecule has 0 bridgehead atoms. The Balaban J connectivity index is 2.39. The standard InChI is InChI=1S/C19H24N4O4/c20-10-13-6-7-16(22-11-13)23-12-19(14(18(26)27)9-17(24)25)8-4-2-1-3-5-15(19)21/h6-7,9,11,15H,1-5,8,12,21H2,(H,22,23)(H,24,25)(H,26,27)/b14-9+/t15-,19?/m0/s1. The van der Waals surface area contributed by atoms with Gasteiger partial charge in [0.15, 0.2) is 0 Å². The lowest BCUT2D eigenvalue weighted by atomic mass is 9.67. The number of rotatable bonds is 6. The molecule has 0 radical (unpaired) electrons. The van der Waals surface area contributed by atoms with E-state index in [4.69, 9.17) is 11.0 Å². The van der Waals surface area contributed by atoms with Crippen LogP contribution in [0.25, 0.3) is 0 Å². The Morgan fingerprint density at radius 1 is 1.33 bits per heavy atom. The second kappa shape index (κ2) is 9.14. The molecule has 1 aliphatic rings. The van der Waals surface area contributed by atoms with Crippen molar-refractivity contribution in [3.8, 4) is 6.07 Å². The van der Waals surface area contributed by atoms with Crippen LogP contribution < -0.4 is 11.1 Å². The number of aromatic nitrogens is 1. The summed E-state index contributed by atoms with van der Waals surface area (Å²) >= 11 is 0. The number of nitrogens with two attached hydrogens (primary N) is 1. The molecule has 1 heterocycles. The normalized spacial score (nSPS) is 23.6. The molecule has 1 aromatic heterocycles. The van der Waals surface area contributed by atoms with Gasteiger partial charge in [0.25, 0.3) is 0 Å². The lowest BCUT2D eigenvalue weighted by Crippen LogP contribution is -2.50. The summed E-state index contributed by atoms with van der Waals surface area (Å²) in [5.74, 6) is -2.11. The van der Waals surface area contributed by atoms with Crippen LogP contribution in [0, 0.1) is 16.7 Å². The SMILES string of the molecule is N#Cc1ccc(NCC2(/C(=C/C(=O)O)C(=O)O)CCCCCC[C@@H]2N)nc1. The van der Waals surface area contributed by atoms with Crippen LogP contribution in [-0.4, -0.2) is 39.7 Å². The minimum Gasteiger partial charge on any atom is -0.478 e. The van der Waals surface area contributed by atoms with Crippen LogP contribution >= 0.6 is 0 Å². The molecule has 2 atom stereocenters. The van der Waals surface area contributed by atoms with Gasteiger partial charge >= 0.3 is 11.9 Å². The fraction of sp³-hybridized carbons (Fsp3) is 0.474. The Bertz CT molecular complexity index is 754. The van der Waals surface area contributed by atoms with Gasteiger partial charge in [-0.1, -0.05) is 25.7 Å². The van der Waals surface area contributed by atoms with Gasteiger partial charge in [0, 0.05) is 30.3 Å². The first-order valence-corrected chi connectivity index (χ1v) is 8.93. The van der Waals surface area contributed by atoms with E-state index >= 15 is 0 Å². The summed E-state index contributed by atoms with van der Waals surface area (Å²) in [6, 6.07) is 4.72. The minimum absolute atomic E-state index is 0.151. The lowest BCUT2D eigenvalue weighted by molar-refractivity contribution is -0.136. The smallest absolute Gasteiger partial charge is 0.332 e. The van der Waals surface area contributed by atoms with Gasteiger partial charge in [-0.15, -0.1) is 0 Å². The number of nitrogens with zero attached hydrogens (tertiary/aromatic N) is 2. The summed E-state index contributed by atoms with van der Waals surface area (Å²) < 4.78 is 0. The second-order valence-electron chi connectivity index (χ2n) is 6.81. The number of carbonyl (C=O) groups is 2. The highest BCUT2D eigenvalue weighted by Gasteiger charge is 2.43. The molecule has 0 aromatic carbocycles. The van der Waals surface area contributed by atoms with Crippen molar-refractivity contribution in [3.63, 3.8) is 0 Å². The van der Waals surface area contributed by atoms with Gasteiger partial charge in [-0.05, 0) is 25.0 Å². The van der Waals surface area contributed by atoms with E-state index in [1.165, 1.54) is 6.20 Å². The van der Waals surface area contributed by atoms with Gasteiger partial charge in [-0.25, -0.2) is 14.6 Å². The highest BCUT2D eigenvalue weighted by Crippen LogP contribution is 2.40. The summed E-state index contributed by atoms with van der Waals surface area (Å²) in [7, 11) is 0. The van der Waals surface area contributed by atoms with Crippen LogP contribution in [-0.2, 0) is 9.59 Å². The van der Waals surface area contributed by atoms with E-state index in [0.29, 0.717) is 24.2 Å². The van der Waals surface area contributed by atoms with Crippen LogP contribution in [0.5, 0.6) is 0 Å². The number of carboxylic acids is 2. The average Bonchev–Trinajstić information content (AvgIpc) is 2.63. The molecule has 1 fully saturated rings. The summed E-state index contributed by atoms with van der Waals surface area (Å²) in [6.07, 6.45) is 6.88. The number of pyridine rings is 1. The summed E-state index contributed by atoms with van der Waals surface area (Å²) in [4.78, 5) is 27.3. The molecular weight excluding hydrogens is 348 g/mol. The Morgan fingerprint density at radius 3 is 2.67 bits per heavy atom. The quantitative estimate of drug-likeness (QED) is 0.555. The number of anilines is 1. The first-order valence-electron chi connectivity index (χ1n) is 8.93.